The van der Waals surface area contributed by atoms with Gasteiger partial charge in [0, 0.05) is 25.2 Å². The number of hydrogen-bond donors (Lipinski definition) is 0. The summed E-state index contributed by atoms with van der Waals surface area (Å²) in [5.41, 5.74) is 0.691. The van der Waals surface area contributed by atoms with Gasteiger partial charge in [-0.2, -0.15) is 0 Å². The molecule has 0 aliphatic heterocycles. The Bertz CT molecular complexity index is 376. The van der Waals surface area contributed by atoms with E-state index in [9.17, 15) is 9.59 Å². The maximum absolute atomic E-state index is 11.3. The first-order valence-electron chi connectivity index (χ1n) is 5.16. The van der Waals surface area contributed by atoms with E-state index in [0.717, 1.165) is 6.42 Å². The van der Waals surface area contributed by atoms with Crippen LogP contribution in [-0.2, 0) is 9.59 Å². The molecule has 0 radical (unpaired) electrons. The van der Waals surface area contributed by atoms with Crippen LogP contribution in [-0.4, -0.2) is 19.4 Å². The van der Waals surface area contributed by atoms with Gasteiger partial charge in [0.2, 0.25) is 6.41 Å². The van der Waals surface area contributed by atoms with Crippen molar-refractivity contribution in [3.8, 4) is 5.75 Å². The van der Waals surface area contributed by atoms with E-state index in [2.05, 4.69) is 0 Å². The number of benzene rings is 1. The molecular formula is C12H15NO3. The van der Waals surface area contributed by atoms with Crippen molar-refractivity contribution < 1.29 is 14.3 Å². The standard InChI is InChI=1S/C12H15NO3/c1-3-5-12(15)16-11-7-4-6-10(8-11)13(2)9-14/h4,6-9H,3,5H2,1-2H3. The first-order chi connectivity index (χ1) is 7.67. The monoisotopic (exact) mass is 221 g/mol. The molecule has 16 heavy (non-hydrogen) atoms. The molecule has 0 aliphatic carbocycles. The summed E-state index contributed by atoms with van der Waals surface area (Å²) in [6, 6.07) is 6.85. The first-order valence-corrected chi connectivity index (χ1v) is 5.16. The smallest absolute Gasteiger partial charge is 0.311 e. The molecule has 1 aromatic carbocycles. The summed E-state index contributed by atoms with van der Waals surface area (Å²) >= 11 is 0. The lowest BCUT2D eigenvalue weighted by molar-refractivity contribution is -0.134. The molecule has 1 amide bonds. The van der Waals surface area contributed by atoms with Crippen LogP contribution in [0.4, 0.5) is 5.69 Å². The topological polar surface area (TPSA) is 46.6 Å². The van der Waals surface area contributed by atoms with Crippen molar-refractivity contribution >= 4 is 18.1 Å². The molecule has 0 aliphatic rings. The van der Waals surface area contributed by atoms with Gasteiger partial charge in [0.1, 0.15) is 5.75 Å². The SMILES string of the molecule is CCCC(=O)Oc1cccc(N(C)C=O)c1. The fourth-order valence-electron chi connectivity index (χ4n) is 1.21. The van der Waals surface area contributed by atoms with Crippen LogP contribution in [0, 0.1) is 0 Å². The molecular weight excluding hydrogens is 206 g/mol. The van der Waals surface area contributed by atoms with Crippen LogP contribution in [0.1, 0.15) is 19.8 Å². The van der Waals surface area contributed by atoms with Crippen molar-refractivity contribution in [3.05, 3.63) is 24.3 Å². The Balaban J connectivity index is 2.74. The second kappa shape index (κ2) is 5.90. The average molecular weight is 221 g/mol. The summed E-state index contributed by atoms with van der Waals surface area (Å²) in [6.45, 7) is 1.91. The molecule has 86 valence electrons. The number of rotatable bonds is 5. The van der Waals surface area contributed by atoms with E-state index in [1.165, 1.54) is 4.90 Å². The van der Waals surface area contributed by atoms with Crippen LogP contribution >= 0.6 is 0 Å². The van der Waals surface area contributed by atoms with Gasteiger partial charge < -0.3 is 9.64 Å². The summed E-state index contributed by atoms with van der Waals surface area (Å²) in [6.07, 6.45) is 1.85. The molecule has 0 spiro atoms. The zero-order chi connectivity index (χ0) is 12.0. The summed E-state index contributed by atoms with van der Waals surface area (Å²) in [5, 5.41) is 0. The molecule has 0 saturated heterocycles. The Hall–Kier alpha value is -1.84. The minimum absolute atomic E-state index is 0.256. The molecule has 1 rings (SSSR count). The van der Waals surface area contributed by atoms with Gasteiger partial charge in [-0.25, -0.2) is 0 Å². The molecule has 0 N–H and O–H groups in total. The third-order valence-corrected chi connectivity index (χ3v) is 2.07. The van der Waals surface area contributed by atoms with Crippen molar-refractivity contribution in [2.75, 3.05) is 11.9 Å². The van der Waals surface area contributed by atoms with Crippen LogP contribution in [0.25, 0.3) is 0 Å². The van der Waals surface area contributed by atoms with Gasteiger partial charge in [-0.15, -0.1) is 0 Å². The van der Waals surface area contributed by atoms with E-state index in [4.69, 9.17) is 4.74 Å². The molecule has 1 aromatic rings. The summed E-state index contributed by atoms with van der Waals surface area (Å²) in [7, 11) is 1.64. The Morgan fingerprint density at radius 1 is 1.50 bits per heavy atom. The lowest BCUT2D eigenvalue weighted by atomic mass is 10.3. The van der Waals surface area contributed by atoms with Crippen LogP contribution in [0.2, 0.25) is 0 Å². The molecule has 0 heterocycles. The van der Waals surface area contributed by atoms with Gasteiger partial charge in [0.25, 0.3) is 0 Å². The molecule has 0 aromatic heterocycles. The predicted molar refractivity (Wildman–Crippen MR) is 61.5 cm³/mol. The third-order valence-electron chi connectivity index (χ3n) is 2.07. The predicted octanol–water partition coefficient (Wildman–Crippen LogP) is 1.98. The molecule has 0 saturated carbocycles. The van der Waals surface area contributed by atoms with E-state index < -0.39 is 0 Å². The Labute approximate surface area is 94.8 Å². The maximum Gasteiger partial charge on any atom is 0.311 e. The summed E-state index contributed by atoms with van der Waals surface area (Å²) < 4.78 is 5.11. The van der Waals surface area contributed by atoms with Gasteiger partial charge in [-0.1, -0.05) is 13.0 Å². The van der Waals surface area contributed by atoms with Gasteiger partial charge in [0.15, 0.2) is 0 Å². The second-order valence-corrected chi connectivity index (χ2v) is 3.44. The van der Waals surface area contributed by atoms with Crippen LogP contribution in [0.3, 0.4) is 0 Å². The number of carbonyl (C=O) groups is 2. The Morgan fingerprint density at radius 2 is 2.25 bits per heavy atom. The summed E-state index contributed by atoms with van der Waals surface area (Å²) in [5.74, 6) is 0.207. The van der Waals surface area contributed by atoms with Gasteiger partial charge in [-0.3, -0.25) is 9.59 Å². The Kier molecular flexibility index (Phi) is 4.51. The number of carbonyl (C=O) groups excluding carboxylic acids is 2. The average Bonchev–Trinajstić information content (AvgIpc) is 2.28. The minimum atomic E-state index is -0.256. The molecule has 0 bridgehead atoms. The highest BCUT2D eigenvalue weighted by Crippen LogP contribution is 2.19. The van der Waals surface area contributed by atoms with Crippen molar-refractivity contribution in [2.45, 2.75) is 19.8 Å². The highest BCUT2D eigenvalue weighted by atomic mass is 16.5. The quantitative estimate of drug-likeness (QED) is 0.434. The number of nitrogens with zero attached hydrogens (tertiary/aromatic N) is 1. The Morgan fingerprint density at radius 3 is 2.88 bits per heavy atom. The van der Waals surface area contributed by atoms with E-state index >= 15 is 0 Å². The van der Waals surface area contributed by atoms with E-state index in [-0.39, 0.29) is 5.97 Å². The van der Waals surface area contributed by atoms with E-state index in [1.807, 2.05) is 6.92 Å². The molecule has 0 unspecified atom stereocenters. The molecule has 4 nitrogen and oxygen atoms in total. The van der Waals surface area contributed by atoms with Gasteiger partial charge >= 0.3 is 5.97 Å². The van der Waals surface area contributed by atoms with Crippen molar-refractivity contribution in [2.24, 2.45) is 0 Å². The van der Waals surface area contributed by atoms with Gasteiger partial charge in [-0.05, 0) is 18.6 Å². The van der Waals surface area contributed by atoms with Crippen molar-refractivity contribution in [3.63, 3.8) is 0 Å². The second-order valence-electron chi connectivity index (χ2n) is 3.44. The number of esters is 1. The number of amides is 1. The van der Waals surface area contributed by atoms with Crippen molar-refractivity contribution in [1.82, 2.24) is 0 Å². The molecule has 4 heteroatoms. The zero-order valence-corrected chi connectivity index (χ0v) is 9.47. The number of hydrogen-bond acceptors (Lipinski definition) is 3. The van der Waals surface area contributed by atoms with Crippen LogP contribution < -0.4 is 9.64 Å². The molecule has 0 atom stereocenters. The number of ether oxygens (including phenoxy) is 1. The van der Waals surface area contributed by atoms with E-state index in [1.54, 1.807) is 31.3 Å². The minimum Gasteiger partial charge on any atom is -0.426 e. The lowest BCUT2D eigenvalue weighted by Crippen LogP contribution is -2.14. The first kappa shape index (κ1) is 12.2. The van der Waals surface area contributed by atoms with Crippen LogP contribution in [0.5, 0.6) is 5.75 Å². The maximum atomic E-state index is 11.3. The fourth-order valence-corrected chi connectivity index (χ4v) is 1.21. The van der Waals surface area contributed by atoms with Gasteiger partial charge in [0.05, 0.1) is 0 Å². The highest BCUT2D eigenvalue weighted by Gasteiger charge is 2.05. The zero-order valence-electron chi connectivity index (χ0n) is 9.47. The number of anilines is 1. The molecule has 0 fully saturated rings. The van der Waals surface area contributed by atoms with Crippen molar-refractivity contribution in [1.29, 1.82) is 0 Å². The largest absolute Gasteiger partial charge is 0.426 e. The summed E-state index contributed by atoms with van der Waals surface area (Å²) in [4.78, 5) is 23.2. The third kappa shape index (κ3) is 3.38. The van der Waals surface area contributed by atoms with Crippen LogP contribution in [0.15, 0.2) is 24.3 Å². The highest BCUT2D eigenvalue weighted by molar-refractivity contribution is 5.76. The van der Waals surface area contributed by atoms with E-state index in [0.29, 0.717) is 24.3 Å². The normalized spacial score (nSPS) is 9.62. The fraction of sp³-hybridized carbons (Fsp3) is 0.333. The lowest BCUT2D eigenvalue weighted by Gasteiger charge is -2.11.